The van der Waals surface area contributed by atoms with E-state index in [2.05, 4.69) is 23.8 Å². The Labute approximate surface area is 149 Å². The Kier molecular flexibility index (Phi) is 7.66. The van der Waals surface area contributed by atoms with Crippen LogP contribution in [0.15, 0.2) is 61.3 Å². The molecule has 2 amide bonds. The maximum absolute atomic E-state index is 12.0. The molecular weight excluding hydrogens is 316 g/mol. The average Bonchev–Trinajstić information content (AvgIpc) is 2.51. The molecule has 0 bridgehead atoms. The SMILES string of the molecule is C=CC=C(C=C)NC(=O)CCc1cccc(NC(=O)OC(C)(C)C)c1. The van der Waals surface area contributed by atoms with E-state index >= 15 is 0 Å². The second-order valence-corrected chi connectivity index (χ2v) is 6.44. The van der Waals surface area contributed by atoms with Crippen molar-refractivity contribution in [3.63, 3.8) is 0 Å². The van der Waals surface area contributed by atoms with Crippen LogP contribution in [0, 0.1) is 0 Å². The lowest BCUT2D eigenvalue weighted by Crippen LogP contribution is -2.27. The zero-order valence-electron chi connectivity index (χ0n) is 15.1. The number of allylic oxidation sites excluding steroid dienone is 3. The summed E-state index contributed by atoms with van der Waals surface area (Å²) >= 11 is 0. The van der Waals surface area contributed by atoms with Gasteiger partial charge in [-0.25, -0.2) is 4.79 Å². The molecule has 0 saturated heterocycles. The van der Waals surface area contributed by atoms with Crippen LogP contribution in [0.4, 0.5) is 10.5 Å². The number of carbonyl (C=O) groups is 2. The Hall–Kier alpha value is -2.82. The molecule has 0 aliphatic carbocycles. The molecule has 1 rings (SSSR count). The van der Waals surface area contributed by atoms with Gasteiger partial charge in [0, 0.05) is 17.8 Å². The number of anilines is 1. The average molecular weight is 342 g/mol. The van der Waals surface area contributed by atoms with Crippen LogP contribution in [0.5, 0.6) is 0 Å². The standard InChI is InChI=1S/C20H26N2O3/c1-6-9-16(7-2)21-18(23)13-12-15-10-8-11-17(14-15)22-19(24)25-20(3,4)5/h6-11,14H,1-2,12-13H2,3-5H3,(H,21,23)(H,22,24). The van der Waals surface area contributed by atoms with Gasteiger partial charge in [-0.2, -0.15) is 0 Å². The molecule has 0 spiro atoms. The van der Waals surface area contributed by atoms with Crippen LogP contribution in [0.2, 0.25) is 0 Å². The molecule has 0 radical (unpaired) electrons. The van der Waals surface area contributed by atoms with Crippen LogP contribution < -0.4 is 10.6 Å². The molecule has 134 valence electrons. The van der Waals surface area contributed by atoms with Crippen LogP contribution in [0.3, 0.4) is 0 Å². The quantitative estimate of drug-likeness (QED) is 0.724. The highest BCUT2D eigenvalue weighted by molar-refractivity contribution is 5.85. The molecule has 5 heteroatoms. The molecule has 25 heavy (non-hydrogen) atoms. The second-order valence-electron chi connectivity index (χ2n) is 6.44. The minimum atomic E-state index is -0.554. The van der Waals surface area contributed by atoms with E-state index in [1.807, 2.05) is 18.2 Å². The maximum atomic E-state index is 12.0. The van der Waals surface area contributed by atoms with Gasteiger partial charge in [0.25, 0.3) is 0 Å². The van der Waals surface area contributed by atoms with Crippen LogP contribution in [-0.2, 0) is 16.0 Å². The fraction of sp³-hybridized carbons (Fsp3) is 0.300. The summed E-state index contributed by atoms with van der Waals surface area (Å²) in [5.74, 6) is -0.112. The van der Waals surface area contributed by atoms with Crippen LogP contribution in [-0.4, -0.2) is 17.6 Å². The molecule has 0 atom stereocenters. The largest absolute Gasteiger partial charge is 0.444 e. The Balaban J connectivity index is 2.59. The third-order valence-corrected chi connectivity index (χ3v) is 3.01. The van der Waals surface area contributed by atoms with Gasteiger partial charge in [-0.15, -0.1) is 0 Å². The highest BCUT2D eigenvalue weighted by atomic mass is 16.6. The van der Waals surface area contributed by atoms with Crippen LogP contribution in [0.1, 0.15) is 32.8 Å². The van der Waals surface area contributed by atoms with Gasteiger partial charge in [0.2, 0.25) is 5.91 Å². The molecule has 0 aliphatic heterocycles. The van der Waals surface area contributed by atoms with E-state index in [4.69, 9.17) is 4.74 Å². The molecule has 1 aromatic carbocycles. The smallest absolute Gasteiger partial charge is 0.412 e. The van der Waals surface area contributed by atoms with Crippen molar-refractivity contribution in [1.29, 1.82) is 0 Å². The van der Waals surface area contributed by atoms with Crippen molar-refractivity contribution in [3.05, 3.63) is 66.9 Å². The summed E-state index contributed by atoms with van der Waals surface area (Å²) in [6.07, 6.45) is 5.18. The maximum Gasteiger partial charge on any atom is 0.412 e. The first-order chi connectivity index (χ1) is 11.7. The topological polar surface area (TPSA) is 67.4 Å². The lowest BCUT2D eigenvalue weighted by Gasteiger charge is -2.19. The van der Waals surface area contributed by atoms with Gasteiger partial charge in [-0.05, 0) is 57.0 Å². The number of benzene rings is 1. The van der Waals surface area contributed by atoms with Gasteiger partial charge in [-0.1, -0.05) is 31.4 Å². The van der Waals surface area contributed by atoms with Gasteiger partial charge in [-0.3, -0.25) is 10.1 Å². The fourth-order valence-corrected chi connectivity index (χ4v) is 2.00. The first kappa shape index (κ1) is 20.2. The zero-order chi connectivity index (χ0) is 18.9. The predicted molar refractivity (Wildman–Crippen MR) is 101 cm³/mol. The van der Waals surface area contributed by atoms with Gasteiger partial charge < -0.3 is 10.1 Å². The molecule has 0 heterocycles. The summed E-state index contributed by atoms with van der Waals surface area (Å²) in [7, 11) is 0. The van der Waals surface area contributed by atoms with Crippen molar-refractivity contribution >= 4 is 17.7 Å². The summed E-state index contributed by atoms with van der Waals surface area (Å²) in [5, 5.41) is 5.44. The molecule has 0 unspecified atom stereocenters. The van der Waals surface area contributed by atoms with Crippen molar-refractivity contribution in [2.24, 2.45) is 0 Å². The number of hydrogen-bond acceptors (Lipinski definition) is 3. The molecule has 5 nitrogen and oxygen atoms in total. The number of aryl methyl sites for hydroxylation is 1. The molecule has 0 saturated carbocycles. The van der Waals surface area contributed by atoms with E-state index in [9.17, 15) is 9.59 Å². The van der Waals surface area contributed by atoms with Crippen molar-refractivity contribution < 1.29 is 14.3 Å². The van der Waals surface area contributed by atoms with Crippen LogP contribution >= 0.6 is 0 Å². The van der Waals surface area contributed by atoms with E-state index in [0.29, 0.717) is 24.2 Å². The van der Waals surface area contributed by atoms with Crippen molar-refractivity contribution in [1.82, 2.24) is 5.32 Å². The van der Waals surface area contributed by atoms with Gasteiger partial charge in [0.1, 0.15) is 5.60 Å². The molecule has 0 fully saturated rings. The minimum Gasteiger partial charge on any atom is -0.444 e. The van der Waals surface area contributed by atoms with E-state index < -0.39 is 11.7 Å². The number of carbonyl (C=O) groups excluding carboxylic acids is 2. The number of amides is 2. The second kappa shape index (κ2) is 9.47. The highest BCUT2D eigenvalue weighted by Gasteiger charge is 2.16. The third-order valence-electron chi connectivity index (χ3n) is 3.01. The lowest BCUT2D eigenvalue weighted by atomic mass is 10.1. The number of hydrogen-bond donors (Lipinski definition) is 2. The van der Waals surface area contributed by atoms with Crippen molar-refractivity contribution in [3.8, 4) is 0 Å². The molecule has 0 aliphatic rings. The molecule has 1 aromatic rings. The number of nitrogens with one attached hydrogen (secondary N) is 2. The Bertz CT molecular complexity index is 670. The van der Waals surface area contributed by atoms with Crippen LogP contribution in [0.25, 0.3) is 0 Å². The summed E-state index contributed by atoms with van der Waals surface area (Å²) in [4.78, 5) is 23.8. The molecule has 0 aromatic heterocycles. The first-order valence-corrected chi connectivity index (χ1v) is 8.07. The van der Waals surface area contributed by atoms with Crippen molar-refractivity contribution in [2.75, 3.05) is 5.32 Å². The monoisotopic (exact) mass is 342 g/mol. The Morgan fingerprint density at radius 3 is 2.56 bits per heavy atom. The predicted octanol–water partition coefficient (Wildman–Crippen LogP) is 4.34. The summed E-state index contributed by atoms with van der Waals surface area (Å²) < 4.78 is 5.22. The highest BCUT2D eigenvalue weighted by Crippen LogP contribution is 2.15. The number of ether oxygens (including phenoxy) is 1. The minimum absolute atomic E-state index is 0.112. The zero-order valence-corrected chi connectivity index (χ0v) is 15.1. The Morgan fingerprint density at radius 1 is 1.24 bits per heavy atom. The molecule has 2 N–H and O–H groups in total. The summed E-state index contributed by atoms with van der Waals surface area (Å²) in [6.45, 7) is 12.6. The number of rotatable bonds is 7. The van der Waals surface area contributed by atoms with Crippen molar-refractivity contribution in [2.45, 2.75) is 39.2 Å². The first-order valence-electron chi connectivity index (χ1n) is 8.07. The normalized spacial score (nSPS) is 11.4. The van der Waals surface area contributed by atoms with Gasteiger partial charge in [0.05, 0.1) is 0 Å². The molecular formula is C20H26N2O3. The summed E-state index contributed by atoms with van der Waals surface area (Å²) in [5.41, 5.74) is 1.63. The lowest BCUT2D eigenvalue weighted by molar-refractivity contribution is -0.120. The van der Waals surface area contributed by atoms with Gasteiger partial charge in [0.15, 0.2) is 0 Å². The van der Waals surface area contributed by atoms with E-state index in [1.54, 1.807) is 45.1 Å². The van der Waals surface area contributed by atoms with E-state index in [-0.39, 0.29) is 5.91 Å². The van der Waals surface area contributed by atoms with E-state index in [1.165, 1.54) is 0 Å². The Morgan fingerprint density at radius 2 is 1.96 bits per heavy atom. The third kappa shape index (κ3) is 8.55. The van der Waals surface area contributed by atoms with Gasteiger partial charge >= 0.3 is 6.09 Å². The van der Waals surface area contributed by atoms with E-state index in [0.717, 1.165) is 5.56 Å². The fourth-order valence-electron chi connectivity index (χ4n) is 2.00. The summed E-state index contributed by atoms with van der Waals surface area (Å²) in [6, 6.07) is 7.33.